The summed E-state index contributed by atoms with van der Waals surface area (Å²) in [5.41, 5.74) is -0.773. The number of anilines is 1. The maximum Gasteiger partial charge on any atom is 0.416 e. The Bertz CT molecular complexity index is 730. The van der Waals surface area contributed by atoms with E-state index in [-0.39, 0.29) is 23.8 Å². The highest BCUT2D eigenvalue weighted by Crippen LogP contribution is 2.30. The number of rotatable bonds is 5. The van der Waals surface area contributed by atoms with Gasteiger partial charge in [0.25, 0.3) is 0 Å². The number of aryl methyl sites for hydroxylation is 1. The van der Waals surface area contributed by atoms with Crippen LogP contribution in [0, 0.1) is 0 Å². The minimum absolute atomic E-state index is 0.0154. The maximum atomic E-state index is 12.6. The van der Waals surface area contributed by atoms with E-state index >= 15 is 0 Å². The molecule has 0 aliphatic carbocycles. The molecule has 124 valence electrons. The van der Waals surface area contributed by atoms with Crippen molar-refractivity contribution in [2.24, 2.45) is 0 Å². The van der Waals surface area contributed by atoms with E-state index in [0.29, 0.717) is 0 Å². The molecule has 0 fully saturated rings. The van der Waals surface area contributed by atoms with Crippen LogP contribution in [-0.4, -0.2) is 31.1 Å². The highest BCUT2D eigenvalue weighted by molar-refractivity contribution is 7.84. The van der Waals surface area contributed by atoms with Crippen LogP contribution < -0.4 is 5.32 Å². The number of halogens is 3. The van der Waals surface area contributed by atoms with Crippen molar-refractivity contribution in [2.45, 2.75) is 24.3 Å². The predicted molar refractivity (Wildman–Crippen MR) is 77.0 cm³/mol. The van der Waals surface area contributed by atoms with Crippen molar-refractivity contribution < 1.29 is 22.2 Å². The molecule has 0 saturated heterocycles. The van der Waals surface area contributed by atoms with Crippen LogP contribution in [0.5, 0.6) is 0 Å². The van der Waals surface area contributed by atoms with E-state index in [9.17, 15) is 22.2 Å². The standard InChI is InChI=1S/C13H13F3N4O2S/c1-23(22)12-19-17-8-20(12)6-5-11(21)18-10-4-2-3-9(7-10)13(14,15)16/h2-4,7-8H,5-6H2,1H3,(H,18,21)/t23-/m1/s1. The van der Waals surface area contributed by atoms with Crippen molar-refractivity contribution in [1.82, 2.24) is 14.8 Å². The fourth-order valence-electron chi connectivity index (χ4n) is 1.84. The van der Waals surface area contributed by atoms with E-state index in [4.69, 9.17) is 0 Å². The molecular formula is C13H13F3N4O2S. The number of carbonyl (C=O) groups excluding carboxylic acids is 1. The second-order valence-corrected chi connectivity index (χ2v) is 5.91. The first-order chi connectivity index (χ1) is 10.8. The van der Waals surface area contributed by atoms with E-state index in [2.05, 4.69) is 15.5 Å². The van der Waals surface area contributed by atoms with Gasteiger partial charge in [-0.3, -0.25) is 9.00 Å². The average molecular weight is 346 g/mol. The smallest absolute Gasteiger partial charge is 0.326 e. The topological polar surface area (TPSA) is 76.9 Å². The van der Waals surface area contributed by atoms with Gasteiger partial charge in [-0.25, -0.2) is 0 Å². The second-order valence-electron chi connectivity index (χ2n) is 4.64. The number of nitrogens with zero attached hydrogens (tertiary/aromatic N) is 3. The van der Waals surface area contributed by atoms with E-state index < -0.39 is 28.4 Å². The van der Waals surface area contributed by atoms with Gasteiger partial charge < -0.3 is 9.88 Å². The molecule has 0 bridgehead atoms. The number of hydrogen-bond acceptors (Lipinski definition) is 4. The Morgan fingerprint density at radius 1 is 1.39 bits per heavy atom. The Kier molecular flexibility index (Phi) is 5.14. The fourth-order valence-corrected chi connectivity index (χ4v) is 2.47. The number of nitrogens with one attached hydrogen (secondary N) is 1. The Morgan fingerprint density at radius 3 is 2.78 bits per heavy atom. The van der Waals surface area contributed by atoms with Gasteiger partial charge in [-0.2, -0.15) is 13.2 Å². The van der Waals surface area contributed by atoms with Crippen LogP contribution in [-0.2, 0) is 28.3 Å². The van der Waals surface area contributed by atoms with E-state index in [0.717, 1.165) is 12.1 Å². The number of alkyl halides is 3. The molecule has 10 heteroatoms. The van der Waals surface area contributed by atoms with Gasteiger partial charge in [-0.1, -0.05) is 6.07 Å². The summed E-state index contributed by atoms with van der Waals surface area (Å²) in [5, 5.41) is 9.91. The van der Waals surface area contributed by atoms with Crippen LogP contribution >= 0.6 is 0 Å². The summed E-state index contributed by atoms with van der Waals surface area (Å²) in [5.74, 6) is -0.467. The third-order valence-electron chi connectivity index (χ3n) is 2.89. The molecule has 0 unspecified atom stereocenters. The Balaban J connectivity index is 1.98. The maximum absolute atomic E-state index is 12.6. The minimum atomic E-state index is -4.47. The van der Waals surface area contributed by atoms with E-state index in [1.807, 2.05) is 0 Å². The fraction of sp³-hybridized carbons (Fsp3) is 0.308. The predicted octanol–water partition coefficient (Wildman–Crippen LogP) is 2.06. The van der Waals surface area contributed by atoms with Crippen LogP contribution in [0.3, 0.4) is 0 Å². The summed E-state index contributed by atoms with van der Waals surface area (Å²) < 4.78 is 50.6. The zero-order valence-corrected chi connectivity index (χ0v) is 12.8. The molecule has 2 rings (SSSR count). The first-order valence-electron chi connectivity index (χ1n) is 6.45. The van der Waals surface area contributed by atoms with E-state index in [1.54, 1.807) is 0 Å². The SMILES string of the molecule is C[S@@](=O)c1nncn1CCC(=O)Nc1cccc(C(F)(F)F)c1. The quantitative estimate of drug-likeness (QED) is 0.899. The van der Waals surface area contributed by atoms with Crippen molar-refractivity contribution in [2.75, 3.05) is 11.6 Å². The molecule has 1 atom stereocenters. The molecule has 0 spiro atoms. The zero-order valence-electron chi connectivity index (χ0n) is 12.0. The van der Waals surface area contributed by atoms with Crippen molar-refractivity contribution in [3.63, 3.8) is 0 Å². The lowest BCUT2D eigenvalue weighted by Gasteiger charge is -2.10. The number of hydrogen-bond donors (Lipinski definition) is 1. The summed E-state index contributed by atoms with van der Waals surface area (Å²) in [6, 6.07) is 4.38. The van der Waals surface area contributed by atoms with Crippen molar-refractivity contribution in [1.29, 1.82) is 0 Å². The normalized spacial score (nSPS) is 12.9. The zero-order chi connectivity index (χ0) is 17.0. The van der Waals surface area contributed by atoms with Crippen LogP contribution in [0.4, 0.5) is 18.9 Å². The number of benzene rings is 1. The largest absolute Gasteiger partial charge is 0.416 e. The second kappa shape index (κ2) is 6.90. The minimum Gasteiger partial charge on any atom is -0.326 e. The summed E-state index contributed by atoms with van der Waals surface area (Å²) >= 11 is 0. The van der Waals surface area contributed by atoms with E-state index in [1.165, 1.54) is 29.3 Å². The first kappa shape index (κ1) is 17.1. The van der Waals surface area contributed by atoms with Gasteiger partial charge in [-0.15, -0.1) is 10.2 Å². The first-order valence-corrected chi connectivity index (χ1v) is 8.01. The Hall–Kier alpha value is -2.23. The summed E-state index contributed by atoms with van der Waals surface area (Å²) in [6.45, 7) is 0.173. The molecule has 1 N–H and O–H groups in total. The van der Waals surface area contributed by atoms with Crippen molar-refractivity contribution in [3.8, 4) is 0 Å². The lowest BCUT2D eigenvalue weighted by molar-refractivity contribution is -0.137. The number of aromatic nitrogens is 3. The molecule has 2 aromatic rings. The molecule has 0 aliphatic rings. The lowest BCUT2D eigenvalue weighted by atomic mass is 10.2. The van der Waals surface area contributed by atoms with Gasteiger partial charge in [-0.05, 0) is 18.2 Å². The van der Waals surface area contributed by atoms with Crippen molar-refractivity contribution >= 4 is 22.4 Å². The summed E-state index contributed by atoms with van der Waals surface area (Å²) in [4.78, 5) is 11.8. The van der Waals surface area contributed by atoms with Crippen LogP contribution in [0.1, 0.15) is 12.0 Å². The van der Waals surface area contributed by atoms with Gasteiger partial charge >= 0.3 is 6.18 Å². The molecule has 1 aromatic heterocycles. The van der Waals surface area contributed by atoms with Gasteiger partial charge in [0.05, 0.1) is 16.4 Å². The molecule has 6 nitrogen and oxygen atoms in total. The summed E-state index contributed by atoms with van der Waals surface area (Å²) in [6.07, 6.45) is -1.71. The van der Waals surface area contributed by atoms with Gasteiger partial charge in [0.2, 0.25) is 11.1 Å². The lowest BCUT2D eigenvalue weighted by Crippen LogP contribution is -2.16. The highest BCUT2D eigenvalue weighted by atomic mass is 32.2. The van der Waals surface area contributed by atoms with Crippen molar-refractivity contribution in [3.05, 3.63) is 36.2 Å². The number of carbonyl (C=O) groups is 1. The third-order valence-corrected chi connectivity index (χ3v) is 3.72. The molecule has 0 aliphatic heterocycles. The van der Waals surface area contributed by atoms with Crippen LogP contribution in [0.15, 0.2) is 35.7 Å². The number of amides is 1. The summed E-state index contributed by atoms with van der Waals surface area (Å²) in [7, 11) is -1.34. The van der Waals surface area contributed by atoms with Crippen LogP contribution in [0.2, 0.25) is 0 Å². The van der Waals surface area contributed by atoms with Gasteiger partial charge in [0, 0.05) is 24.9 Å². The monoisotopic (exact) mass is 346 g/mol. The van der Waals surface area contributed by atoms with Crippen LogP contribution in [0.25, 0.3) is 0 Å². The van der Waals surface area contributed by atoms with Gasteiger partial charge in [0.15, 0.2) is 0 Å². The average Bonchev–Trinajstić information content (AvgIpc) is 2.93. The molecule has 1 heterocycles. The Labute approximate surface area is 132 Å². The molecule has 0 radical (unpaired) electrons. The molecule has 0 saturated carbocycles. The molecular weight excluding hydrogens is 333 g/mol. The highest BCUT2D eigenvalue weighted by Gasteiger charge is 2.30. The van der Waals surface area contributed by atoms with Gasteiger partial charge in [0.1, 0.15) is 6.33 Å². The molecule has 23 heavy (non-hydrogen) atoms. The Morgan fingerprint density at radius 2 is 2.13 bits per heavy atom. The molecule has 1 aromatic carbocycles. The third kappa shape index (κ3) is 4.62. The molecule has 1 amide bonds.